The van der Waals surface area contributed by atoms with Crippen molar-refractivity contribution in [2.75, 3.05) is 26.2 Å². The van der Waals surface area contributed by atoms with Gasteiger partial charge in [0, 0.05) is 44.6 Å². The summed E-state index contributed by atoms with van der Waals surface area (Å²) in [5.74, 6) is -1.86. The fourth-order valence-electron chi connectivity index (χ4n) is 6.68. The Balaban J connectivity index is 1.18. The second kappa shape index (κ2) is 11.6. The van der Waals surface area contributed by atoms with Crippen LogP contribution in [-0.4, -0.2) is 47.9 Å². The summed E-state index contributed by atoms with van der Waals surface area (Å²) >= 11 is 12.6. The van der Waals surface area contributed by atoms with Gasteiger partial charge in [-0.3, -0.25) is 9.59 Å². The van der Waals surface area contributed by atoms with Crippen molar-refractivity contribution in [3.8, 4) is 0 Å². The Labute approximate surface area is 254 Å². The van der Waals surface area contributed by atoms with E-state index in [0.717, 1.165) is 27.8 Å². The number of nitrogens with zero attached hydrogens (tertiary/aromatic N) is 2. The molecule has 3 aliphatic rings. The van der Waals surface area contributed by atoms with E-state index in [1.54, 1.807) is 36.1 Å². The summed E-state index contributed by atoms with van der Waals surface area (Å²) in [7, 11) is 0. The number of fused-ring (bicyclic) bond motifs is 3. The van der Waals surface area contributed by atoms with Gasteiger partial charge in [0.15, 0.2) is 0 Å². The lowest BCUT2D eigenvalue weighted by Crippen LogP contribution is -2.49. The van der Waals surface area contributed by atoms with Gasteiger partial charge < -0.3 is 14.5 Å². The number of esters is 1. The molecule has 0 radical (unpaired) electrons. The number of hydrogen-bond acceptors (Lipinski definition) is 4. The minimum absolute atomic E-state index is 0.0311. The van der Waals surface area contributed by atoms with Crippen LogP contribution in [0.3, 0.4) is 0 Å². The van der Waals surface area contributed by atoms with Crippen molar-refractivity contribution in [3.05, 3.63) is 104 Å². The Bertz CT molecular complexity index is 1540. The van der Waals surface area contributed by atoms with E-state index >= 15 is 0 Å². The van der Waals surface area contributed by atoms with Crippen LogP contribution in [0.15, 0.2) is 54.6 Å². The number of carbonyl (C=O) groups is 2. The monoisotopic (exact) mass is 612 g/mol. The van der Waals surface area contributed by atoms with Crippen LogP contribution < -0.4 is 0 Å². The van der Waals surface area contributed by atoms with Gasteiger partial charge in [-0.2, -0.15) is 0 Å². The number of carbonyl (C=O) groups excluding carboxylic acids is 2. The van der Waals surface area contributed by atoms with Gasteiger partial charge in [-0.1, -0.05) is 41.4 Å². The molecule has 220 valence electrons. The number of halogens is 4. The highest BCUT2D eigenvalue weighted by molar-refractivity contribution is 6.42. The predicted octanol–water partition coefficient (Wildman–Crippen LogP) is 6.98. The van der Waals surface area contributed by atoms with Gasteiger partial charge in [-0.15, -0.1) is 0 Å². The van der Waals surface area contributed by atoms with Crippen LogP contribution in [0.25, 0.3) is 0 Å². The standard InChI is InChI=1S/C33H32Cl2F2N2O3/c1-20-26-6-5-25(37)18-28(26)33(42-32(20)41)10-14-38(15-11-33)12-9-27(22-3-7-29(34)30(35)17-22)31(40)39-13-8-21-2-4-24(36)16-23(21)19-39/h2-7,16-18,20,27H,8-15,19H2,1H3. The molecule has 1 amide bonds. The number of likely N-dealkylation sites (tertiary alicyclic amines) is 1. The van der Waals surface area contributed by atoms with Gasteiger partial charge in [0.25, 0.3) is 0 Å². The van der Waals surface area contributed by atoms with E-state index < -0.39 is 17.4 Å². The van der Waals surface area contributed by atoms with Crippen LogP contribution in [0, 0.1) is 11.6 Å². The van der Waals surface area contributed by atoms with Crippen LogP contribution in [0.2, 0.25) is 10.0 Å². The number of rotatable bonds is 5. The fourth-order valence-corrected chi connectivity index (χ4v) is 6.99. The first-order valence-corrected chi connectivity index (χ1v) is 15.2. The number of hydrogen-bond donors (Lipinski definition) is 0. The van der Waals surface area contributed by atoms with E-state index in [1.165, 1.54) is 24.3 Å². The largest absolute Gasteiger partial charge is 0.454 e. The molecule has 42 heavy (non-hydrogen) atoms. The van der Waals surface area contributed by atoms with Gasteiger partial charge in [-0.25, -0.2) is 8.78 Å². The third-order valence-electron chi connectivity index (χ3n) is 9.16. The zero-order chi connectivity index (χ0) is 29.6. The van der Waals surface area contributed by atoms with E-state index in [0.29, 0.717) is 68.5 Å². The van der Waals surface area contributed by atoms with E-state index in [-0.39, 0.29) is 23.5 Å². The predicted molar refractivity (Wildman–Crippen MR) is 158 cm³/mol. The van der Waals surface area contributed by atoms with Crippen LogP contribution in [0.5, 0.6) is 0 Å². The third-order valence-corrected chi connectivity index (χ3v) is 9.90. The summed E-state index contributed by atoms with van der Waals surface area (Å²) in [6.45, 7) is 4.61. The lowest BCUT2D eigenvalue weighted by molar-refractivity contribution is -0.172. The number of benzene rings is 3. The second-order valence-electron chi connectivity index (χ2n) is 11.6. The molecule has 0 bridgehead atoms. The van der Waals surface area contributed by atoms with Crippen LogP contribution in [-0.2, 0) is 32.9 Å². The first-order chi connectivity index (χ1) is 20.1. The summed E-state index contributed by atoms with van der Waals surface area (Å²) in [5, 5.41) is 0.806. The SMILES string of the molecule is CC1C(=O)OC2(CCN(CCC(C(=O)N3CCc4ccc(F)cc4C3)c3ccc(Cl)c(Cl)c3)CC2)c2cc(F)ccc21. The molecule has 2 atom stereocenters. The molecule has 0 saturated carbocycles. The van der Waals surface area contributed by atoms with E-state index in [9.17, 15) is 18.4 Å². The van der Waals surface area contributed by atoms with Crippen LogP contribution in [0.1, 0.15) is 65.8 Å². The van der Waals surface area contributed by atoms with Gasteiger partial charge in [0.05, 0.1) is 21.9 Å². The second-order valence-corrected chi connectivity index (χ2v) is 12.5. The molecule has 6 rings (SSSR count). The molecule has 3 heterocycles. The molecular weight excluding hydrogens is 581 g/mol. The van der Waals surface area contributed by atoms with E-state index in [4.69, 9.17) is 27.9 Å². The maximum atomic E-state index is 14.3. The van der Waals surface area contributed by atoms with Crippen molar-refractivity contribution in [2.45, 2.75) is 56.6 Å². The Hall–Kier alpha value is -3.00. The summed E-state index contributed by atoms with van der Waals surface area (Å²) in [6.07, 6.45) is 2.30. The minimum atomic E-state index is -0.840. The highest BCUT2D eigenvalue weighted by Gasteiger charge is 2.46. The summed E-state index contributed by atoms with van der Waals surface area (Å²) in [6, 6.07) is 14.7. The zero-order valence-corrected chi connectivity index (χ0v) is 24.9. The average molecular weight is 614 g/mol. The molecule has 1 saturated heterocycles. The van der Waals surface area contributed by atoms with Gasteiger partial charge in [0.1, 0.15) is 17.2 Å². The average Bonchev–Trinajstić information content (AvgIpc) is 2.98. The topological polar surface area (TPSA) is 49.9 Å². The summed E-state index contributed by atoms with van der Waals surface area (Å²) in [5.41, 5.74) is 3.43. The molecule has 0 aromatic heterocycles. The number of amides is 1. The fraction of sp³-hybridized carbons (Fsp3) is 0.394. The van der Waals surface area contributed by atoms with Crippen molar-refractivity contribution in [3.63, 3.8) is 0 Å². The van der Waals surface area contributed by atoms with Crippen molar-refractivity contribution < 1.29 is 23.1 Å². The molecule has 2 unspecified atom stereocenters. The van der Waals surface area contributed by atoms with Crippen molar-refractivity contribution in [2.24, 2.45) is 0 Å². The maximum Gasteiger partial charge on any atom is 0.314 e. The molecule has 0 N–H and O–H groups in total. The van der Waals surface area contributed by atoms with Crippen molar-refractivity contribution in [1.29, 1.82) is 0 Å². The van der Waals surface area contributed by atoms with Crippen molar-refractivity contribution >= 4 is 35.1 Å². The van der Waals surface area contributed by atoms with Gasteiger partial charge in [-0.05, 0) is 85.0 Å². The highest BCUT2D eigenvalue weighted by atomic mass is 35.5. The maximum absolute atomic E-state index is 14.3. The lowest BCUT2D eigenvalue weighted by Gasteiger charge is -2.45. The molecule has 3 aliphatic heterocycles. The van der Waals surface area contributed by atoms with Crippen LogP contribution in [0.4, 0.5) is 8.78 Å². The minimum Gasteiger partial charge on any atom is -0.454 e. The molecule has 1 fully saturated rings. The Morgan fingerprint density at radius 2 is 1.71 bits per heavy atom. The molecule has 1 spiro atoms. The van der Waals surface area contributed by atoms with Crippen molar-refractivity contribution in [1.82, 2.24) is 9.80 Å². The van der Waals surface area contributed by atoms with Gasteiger partial charge >= 0.3 is 5.97 Å². The van der Waals surface area contributed by atoms with Gasteiger partial charge in [0.2, 0.25) is 5.91 Å². The third kappa shape index (κ3) is 5.54. The molecule has 3 aromatic rings. The summed E-state index contributed by atoms with van der Waals surface area (Å²) < 4.78 is 34.2. The molecule has 3 aromatic carbocycles. The number of piperidine rings is 1. The normalized spacial score (nSPS) is 20.5. The first kappa shape index (κ1) is 29.1. The van der Waals surface area contributed by atoms with E-state index in [1.807, 2.05) is 6.07 Å². The molecule has 0 aliphatic carbocycles. The number of ether oxygens (including phenoxy) is 1. The molecule has 9 heteroatoms. The van der Waals surface area contributed by atoms with Crippen LogP contribution >= 0.6 is 23.2 Å². The van der Waals surface area contributed by atoms with E-state index in [2.05, 4.69) is 4.90 Å². The Morgan fingerprint density at radius 1 is 0.976 bits per heavy atom. The Kier molecular flexibility index (Phi) is 8.03. The zero-order valence-electron chi connectivity index (χ0n) is 23.3. The Morgan fingerprint density at radius 3 is 2.48 bits per heavy atom. The molecular formula is C33H32Cl2F2N2O3. The first-order valence-electron chi connectivity index (χ1n) is 14.4. The lowest BCUT2D eigenvalue weighted by atomic mass is 9.76. The summed E-state index contributed by atoms with van der Waals surface area (Å²) in [4.78, 5) is 30.8. The quantitative estimate of drug-likeness (QED) is 0.292. The highest BCUT2D eigenvalue weighted by Crippen LogP contribution is 2.45. The smallest absolute Gasteiger partial charge is 0.314 e. The molecule has 5 nitrogen and oxygen atoms in total.